The summed E-state index contributed by atoms with van der Waals surface area (Å²) >= 11 is 0. The molecule has 2 heterocycles. The Kier molecular flexibility index (Phi) is 9.61. The molecule has 0 radical (unpaired) electrons. The Morgan fingerprint density at radius 3 is 2.04 bits per heavy atom. The first-order chi connectivity index (χ1) is 27.6. The van der Waals surface area contributed by atoms with Crippen LogP contribution in [0.25, 0.3) is 67.2 Å². The topological polar surface area (TPSA) is 51.8 Å². The monoisotopic (exact) mass is 723 g/mol. The van der Waals surface area contributed by atoms with Gasteiger partial charge in [-0.3, -0.25) is 0 Å². The summed E-state index contributed by atoms with van der Waals surface area (Å²) in [7, 11) is 0. The number of hydrogen-bond acceptors (Lipinski definition) is 4. The molecule has 0 N–H and O–H groups in total. The first-order valence-electron chi connectivity index (χ1n) is 19.3. The summed E-state index contributed by atoms with van der Waals surface area (Å²) in [5, 5.41) is 1.95. The van der Waals surface area contributed by atoms with Crippen molar-refractivity contribution < 1.29 is 4.42 Å². The second kappa shape index (κ2) is 15.4. The van der Waals surface area contributed by atoms with Gasteiger partial charge in [-0.1, -0.05) is 177 Å². The lowest BCUT2D eigenvalue weighted by Crippen LogP contribution is -2.03. The Labute approximate surface area is 328 Å². The van der Waals surface area contributed by atoms with Gasteiger partial charge in [0, 0.05) is 39.3 Å². The van der Waals surface area contributed by atoms with Crippen LogP contribution in [0, 0.1) is 11.8 Å². The molecule has 4 nitrogen and oxygen atoms in total. The lowest BCUT2D eigenvalue weighted by molar-refractivity contribution is 0.620. The fourth-order valence-electron chi connectivity index (χ4n) is 7.75. The van der Waals surface area contributed by atoms with E-state index in [1.165, 1.54) is 16.7 Å². The molecule has 0 saturated carbocycles. The quantitative estimate of drug-likeness (QED) is 0.132. The lowest BCUT2D eigenvalue weighted by atomic mass is 9.87. The zero-order valence-corrected chi connectivity index (χ0v) is 31.3. The van der Waals surface area contributed by atoms with Gasteiger partial charge in [-0.15, -0.1) is 0 Å². The van der Waals surface area contributed by atoms with Gasteiger partial charge in [0.2, 0.25) is 0 Å². The molecular formula is C52H41N3O. The molecule has 0 fully saturated rings. The van der Waals surface area contributed by atoms with E-state index in [2.05, 4.69) is 123 Å². The molecule has 2 aromatic heterocycles. The highest BCUT2D eigenvalue weighted by Crippen LogP contribution is 2.39. The Morgan fingerprint density at radius 1 is 0.661 bits per heavy atom. The number of rotatable bonds is 10. The Balaban J connectivity index is 1.18. The number of fused-ring (bicyclic) bond motifs is 3. The number of furan rings is 1. The van der Waals surface area contributed by atoms with Gasteiger partial charge in [0.25, 0.3) is 0 Å². The molecule has 0 spiro atoms. The van der Waals surface area contributed by atoms with Crippen molar-refractivity contribution in [2.24, 2.45) is 11.8 Å². The maximum absolute atomic E-state index is 6.49. The number of nitrogens with zero attached hydrogens (tertiary/aromatic N) is 3. The predicted octanol–water partition coefficient (Wildman–Crippen LogP) is 13.4. The second-order valence-electron chi connectivity index (χ2n) is 14.4. The maximum Gasteiger partial charge on any atom is 0.164 e. The van der Waals surface area contributed by atoms with Crippen molar-refractivity contribution in [1.29, 1.82) is 0 Å². The molecule has 9 rings (SSSR count). The van der Waals surface area contributed by atoms with Crippen molar-refractivity contribution in [3.05, 3.63) is 211 Å². The van der Waals surface area contributed by atoms with Crippen LogP contribution >= 0.6 is 0 Å². The molecule has 2 atom stereocenters. The SMILES string of the molecule is C=C/C(=C\C(=C/[C@H](C)C1C=CC=C1)c1cccc(C2C=CC=CC2)c1)c1ccc2oc3cccc(-c4nc(-c5ccccc5)nc(-c5ccccc5)n4)c3c2c1. The molecule has 270 valence electrons. The minimum absolute atomic E-state index is 0.299. The molecule has 0 aliphatic heterocycles. The van der Waals surface area contributed by atoms with Gasteiger partial charge < -0.3 is 4.42 Å². The van der Waals surface area contributed by atoms with Gasteiger partial charge in [0.15, 0.2) is 17.5 Å². The van der Waals surface area contributed by atoms with Gasteiger partial charge in [-0.05, 0) is 64.5 Å². The average Bonchev–Trinajstić information content (AvgIpc) is 3.95. The van der Waals surface area contributed by atoms with Crippen LogP contribution in [0.1, 0.15) is 36.0 Å². The summed E-state index contributed by atoms with van der Waals surface area (Å²) in [5.41, 5.74) is 10.1. The molecule has 2 aliphatic rings. The fraction of sp³-hybridized carbons (Fsp3) is 0.0962. The minimum atomic E-state index is 0.299. The average molecular weight is 724 g/mol. The highest BCUT2D eigenvalue weighted by molar-refractivity contribution is 6.12. The Bertz CT molecular complexity index is 2690. The zero-order chi connectivity index (χ0) is 37.8. The predicted molar refractivity (Wildman–Crippen MR) is 233 cm³/mol. The summed E-state index contributed by atoms with van der Waals surface area (Å²) in [6.45, 7) is 6.61. The first kappa shape index (κ1) is 34.8. The van der Waals surface area contributed by atoms with Crippen LogP contribution < -0.4 is 0 Å². The molecule has 56 heavy (non-hydrogen) atoms. The van der Waals surface area contributed by atoms with E-state index < -0.39 is 0 Å². The second-order valence-corrected chi connectivity index (χ2v) is 14.4. The van der Waals surface area contributed by atoms with Gasteiger partial charge in [-0.2, -0.15) is 0 Å². The highest BCUT2D eigenvalue weighted by atomic mass is 16.3. The molecule has 1 unspecified atom stereocenters. The van der Waals surface area contributed by atoms with Crippen LogP contribution in [0.3, 0.4) is 0 Å². The van der Waals surface area contributed by atoms with Crippen molar-refractivity contribution in [1.82, 2.24) is 15.0 Å². The summed E-state index contributed by atoms with van der Waals surface area (Å²) in [6.07, 6.45) is 25.3. The van der Waals surface area contributed by atoms with E-state index >= 15 is 0 Å². The van der Waals surface area contributed by atoms with Crippen molar-refractivity contribution in [3.63, 3.8) is 0 Å². The maximum atomic E-state index is 6.49. The number of aromatic nitrogens is 3. The Morgan fingerprint density at radius 2 is 1.34 bits per heavy atom. The zero-order valence-electron chi connectivity index (χ0n) is 31.3. The summed E-state index contributed by atoms with van der Waals surface area (Å²) in [5.74, 6) is 2.85. The van der Waals surface area contributed by atoms with E-state index in [9.17, 15) is 0 Å². The van der Waals surface area contributed by atoms with Gasteiger partial charge in [-0.25, -0.2) is 15.0 Å². The van der Waals surface area contributed by atoms with Crippen molar-refractivity contribution in [3.8, 4) is 34.2 Å². The third-order valence-corrected chi connectivity index (χ3v) is 10.8. The summed E-state index contributed by atoms with van der Waals surface area (Å²) < 4.78 is 6.49. The number of hydrogen-bond donors (Lipinski definition) is 0. The van der Waals surface area contributed by atoms with E-state index in [1.807, 2.05) is 78.9 Å². The molecule has 0 amide bonds. The molecule has 4 heteroatoms. The summed E-state index contributed by atoms with van der Waals surface area (Å²) in [4.78, 5) is 15.1. The Hall–Kier alpha value is -6.91. The van der Waals surface area contributed by atoms with Crippen LogP contribution in [-0.2, 0) is 0 Å². The largest absolute Gasteiger partial charge is 0.456 e. The molecular weight excluding hydrogens is 683 g/mol. The molecule has 5 aromatic carbocycles. The number of benzene rings is 5. The van der Waals surface area contributed by atoms with Crippen molar-refractivity contribution in [2.45, 2.75) is 19.3 Å². The minimum Gasteiger partial charge on any atom is -0.456 e. The van der Waals surface area contributed by atoms with E-state index in [4.69, 9.17) is 19.4 Å². The molecule has 2 aliphatic carbocycles. The molecule has 0 saturated heterocycles. The highest BCUT2D eigenvalue weighted by Gasteiger charge is 2.19. The molecule has 0 bridgehead atoms. The van der Waals surface area contributed by atoms with E-state index in [0.29, 0.717) is 35.2 Å². The van der Waals surface area contributed by atoms with E-state index in [1.54, 1.807) is 0 Å². The van der Waals surface area contributed by atoms with Gasteiger partial charge in [0.05, 0.1) is 0 Å². The van der Waals surface area contributed by atoms with Gasteiger partial charge >= 0.3 is 0 Å². The van der Waals surface area contributed by atoms with Crippen LogP contribution in [0.15, 0.2) is 199 Å². The smallest absolute Gasteiger partial charge is 0.164 e. The third-order valence-electron chi connectivity index (χ3n) is 10.8. The summed E-state index contributed by atoms with van der Waals surface area (Å²) in [6, 6.07) is 41.6. The van der Waals surface area contributed by atoms with Crippen molar-refractivity contribution >= 4 is 33.1 Å². The van der Waals surface area contributed by atoms with E-state index in [0.717, 1.165) is 56.2 Å². The third kappa shape index (κ3) is 7.05. The van der Waals surface area contributed by atoms with Crippen molar-refractivity contribution in [2.75, 3.05) is 0 Å². The van der Waals surface area contributed by atoms with E-state index in [-0.39, 0.29) is 0 Å². The van der Waals surface area contributed by atoms with Crippen LogP contribution in [0.2, 0.25) is 0 Å². The van der Waals surface area contributed by atoms with Crippen LogP contribution in [0.4, 0.5) is 0 Å². The fourth-order valence-corrected chi connectivity index (χ4v) is 7.75. The van der Waals surface area contributed by atoms with Gasteiger partial charge in [0.1, 0.15) is 11.2 Å². The first-order valence-corrected chi connectivity index (χ1v) is 19.3. The van der Waals surface area contributed by atoms with Crippen LogP contribution in [-0.4, -0.2) is 15.0 Å². The molecule has 7 aromatic rings. The lowest BCUT2D eigenvalue weighted by Gasteiger charge is -2.17. The number of allylic oxidation sites excluding steroid dienone is 13. The van der Waals surface area contributed by atoms with Crippen LogP contribution in [0.5, 0.6) is 0 Å². The standard InChI is InChI=1S/C52H41N3O/c1-3-36(32-44(31-35(2)37-17-13-14-18-37)42-26-15-25-41(33-42)38-19-7-4-8-20-38)43-29-30-47-46(34-43)49-45(27-16-28-48(49)56-47)52-54-50(39-21-9-5-10-22-39)53-51(55-52)40-23-11-6-12-24-40/h3-19,21-35,37-38H,1,20H2,2H3/b36-32+,44-31+/t35-,38?/m0/s1. The normalized spacial score (nSPS) is 16.3.